The molecule has 0 aromatic rings. The summed E-state index contributed by atoms with van der Waals surface area (Å²) in [5.74, 6) is -0.239. The molecule has 19 heteroatoms. The van der Waals surface area contributed by atoms with Gasteiger partial charge in [-0.1, -0.05) is 381 Å². The number of amides is 1. The average molecular weight is 1610 g/mol. The van der Waals surface area contributed by atoms with Crippen molar-refractivity contribution < 1.29 is 89.4 Å². The van der Waals surface area contributed by atoms with Gasteiger partial charge in [-0.05, 0) is 77.0 Å². The van der Waals surface area contributed by atoms with E-state index in [4.69, 9.17) is 28.4 Å². The summed E-state index contributed by atoms with van der Waals surface area (Å²) in [4.78, 5) is 13.6. The summed E-state index contributed by atoms with van der Waals surface area (Å²) in [6.07, 6.45) is 75.1. The van der Waals surface area contributed by atoms with E-state index in [9.17, 15) is 61.0 Å². The van der Waals surface area contributed by atoms with E-state index in [0.717, 1.165) is 96.3 Å². The van der Waals surface area contributed by atoms with Crippen LogP contribution in [0.2, 0.25) is 0 Å². The van der Waals surface area contributed by atoms with Gasteiger partial charge in [0, 0.05) is 6.42 Å². The zero-order valence-corrected chi connectivity index (χ0v) is 71.5. The number of carbonyl (C=O) groups is 1. The third-order valence-corrected chi connectivity index (χ3v) is 22.7. The monoisotopic (exact) mass is 1610 g/mol. The van der Waals surface area contributed by atoms with Crippen LogP contribution >= 0.6 is 0 Å². The van der Waals surface area contributed by atoms with E-state index in [0.29, 0.717) is 12.8 Å². The van der Waals surface area contributed by atoms with Gasteiger partial charge in [0.2, 0.25) is 5.91 Å². The van der Waals surface area contributed by atoms with Crippen molar-refractivity contribution in [1.29, 1.82) is 0 Å². The summed E-state index contributed by atoms with van der Waals surface area (Å²) in [5, 5.41) is 121. The minimum absolute atomic E-state index is 0.239. The number of aliphatic hydroxyl groups excluding tert-OH is 11. The second-order valence-electron chi connectivity index (χ2n) is 32.7. The molecule has 19 nitrogen and oxygen atoms in total. The van der Waals surface area contributed by atoms with Crippen molar-refractivity contribution in [2.24, 2.45) is 0 Å². The molecule has 0 aliphatic carbocycles. The smallest absolute Gasteiger partial charge is 0.220 e. The van der Waals surface area contributed by atoms with Gasteiger partial charge < -0.3 is 89.9 Å². The Morgan fingerprint density at radius 3 is 0.947 bits per heavy atom. The maximum atomic E-state index is 13.6. The zero-order chi connectivity index (χ0) is 82.4. The average Bonchev–Trinajstić information content (AvgIpc) is 0.782. The Morgan fingerprint density at radius 1 is 0.325 bits per heavy atom. The van der Waals surface area contributed by atoms with Gasteiger partial charge in [-0.3, -0.25) is 4.79 Å². The van der Waals surface area contributed by atoms with Crippen LogP contribution < -0.4 is 5.32 Å². The molecule has 3 saturated heterocycles. The van der Waals surface area contributed by atoms with Gasteiger partial charge in [0.25, 0.3) is 0 Å². The number of allylic oxidation sites excluding steroid dienone is 16. The molecule has 3 aliphatic rings. The maximum Gasteiger partial charge on any atom is 0.220 e. The predicted molar refractivity (Wildman–Crippen MR) is 461 cm³/mol. The molecule has 3 heterocycles. The number of hydrogen-bond acceptors (Lipinski definition) is 18. The fourth-order valence-corrected chi connectivity index (χ4v) is 15.3. The molecule has 3 fully saturated rings. The summed E-state index contributed by atoms with van der Waals surface area (Å²) in [6.45, 7) is 1.74. The molecule has 17 atom stereocenters. The van der Waals surface area contributed by atoms with Crippen molar-refractivity contribution in [3.8, 4) is 0 Å². The first-order valence-electron chi connectivity index (χ1n) is 46.5. The third kappa shape index (κ3) is 51.4. The quantitative estimate of drug-likeness (QED) is 0.0199. The number of rotatable bonds is 75. The summed E-state index contributed by atoms with van der Waals surface area (Å²) >= 11 is 0. The lowest BCUT2D eigenvalue weighted by Crippen LogP contribution is -2.66. The number of unbranched alkanes of at least 4 members (excludes halogenated alkanes) is 43. The van der Waals surface area contributed by atoms with E-state index < -0.39 is 124 Å². The van der Waals surface area contributed by atoms with Crippen LogP contribution in [-0.2, 0) is 33.2 Å². The Labute approximate surface area is 692 Å². The maximum absolute atomic E-state index is 13.6. The van der Waals surface area contributed by atoms with Crippen molar-refractivity contribution in [3.05, 3.63) is 97.2 Å². The molecule has 1 amide bonds. The van der Waals surface area contributed by atoms with Crippen LogP contribution in [-0.4, -0.2) is 193 Å². The van der Waals surface area contributed by atoms with E-state index in [1.165, 1.54) is 238 Å². The molecule has 12 N–H and O–H groups in total. The summed E-state index contributed by atoms with van der Waals surface area (Å²) in [7, 11) is 0. The summed E-state index contributed by atoms with van der Waals surface area (Å²) in [6, 6.07) is -0.893. The van der Waals surface area contributed by atoms with E-state index in [1.54, 1.807) is 0 Å². The second kappa shape index (κ2) is 73.6. The van der Waals surface area contributed by atoms with Crippen molar-refractivity contribution >= 4 is 5.91 Å². The van der Waals surface area contributed by atoms with E-state index in [-0.39, 0.29) is 18.9 Å². The topological polar surface area (TPSA) is 307 Å². The fraction of sp³-hybridized carbons (Fsp3) is 0.821. The molecular formula is C95H169NO18. The highest BCUT2D eigenvalue weighted by molar-refractivity contribution is 5.76. The van der Waals surface area contributed by atoms with Crippen LogP contribution in [0.4, 0.5) is 0 Å². The van der Waals surface area contributed by atoms with Crippen LogP contribution in [0.5, 0.6) is 0 Å². The molecule has 0 bridgehead atoms. The minimum Gasteiger partial charge on any atom is -0.394 e. The van der Waals surface area contributed by atoms with Crippen molar-refractivity contribution in [3.63, 3.8) is 0 Å². The van der Waals surface area contributed by atoms with Gasteiger partial charge in [-0.25, -0.2) is 0 Å². The lowest BCUT2D eigenvalue weighted by molar-refractivity contribution is -0.379. The normalized spacial score (nSPS) is 25.1. The van der Waals surface area contributed by atoms with E-state index in [2.05, 4.69) is 116 Å². The highest BCUT2D eigenvalue weighted by Crippen LogP contribution is 2.34. The first-order chi connectivity index (χ1) is 55.8. The van der Waals surface area contributed by atoms with Crippen molar-refractivity contribution in [2.45, 2.75) is 471 Å². The Hall–Kier alpha value is -3.29. The highest BCUT2D eigenvalue weighted by atomic mass is 16.8. The lowest BCUT2D eigenvalue weighted by atomic mass is 9.96. The molecule has 0 aromatic carbocycles. The first kappa shape index (κ1) is 105. The van der Waals surface area contributed by atoms with Gasteiger partial charge in [0.15, 0.2) is 18.9 Å². The number of hydrogen-bond donors (Lipinski definition) is 12. The Kier molecular flexibility index (Phi) is 67.7. The highest BCUT2D eigenvalue weighted by Gasteiger charge is 2.54. The minimum atomic E-state index is -1.98. The van der Waals surface area contributed by atoms with Crippen LogP contribution in [0.3, 0.4) is 0 Å². The molecule has 17 unspecified atom stereocenters. The van der Waals surface area contributed by atoms with E-state index in [1.807, 2.05) is 0 Å². The third-order valence-electron chi connectivity index (χ3n) is 22.7. The van der Waals surface area contributed by atoms with Gasteiger partial charge in [-0.15, -0.1) is 0 Å². The molecule has 662 valence electrons. The number of nitrogens with one attached hydrogen (secondary N) is 1. The van der Waals surface area contributed by atoms with Gasteiger partial charge in [0.05, 0.1) is 38.6 Å². The predicted octanol–water partition coefficient (Wildman–Crippen LogP) is 18.2. The second-order valence-corrected chi connectivity index (χ2v) is 32.7. The van der Waals surface area contributed by atoms with Gasteiger partial charge in [0.1, 0.15) is 73.2 Å². The fourth-order valence-electron chi connectivity index (χ4n) is 15.3. The Bertz CT molecular complexity index is 2430. The largest absolute Gasteiger partial charge is 0.394 e. The number of carbonyl (C=O) groups excluding carboxylic acids is 1. The molecule has 3 aliphatic heterocycles. The molecule has 3 rings (SSSR count). The van der Waals surface area contributed by atoms with E-state index >= 15 is 0 Å². The number of aliphatic hydroxyl groups is 11. The zero-order valence-electron chi connectivity index (χ0n) is 71.5. The summed E-state index contributed by atoms with van der Waals surface area (Å²) < 4.78 is 34.6. The van der Waals surface area contributed by atoms with Crippen molar-refractivity contribution in [1.82, 2.24) is 5.32 Å². The molecule has 0 aromatic heterocycles. The lowest BCUT2D eigenvalue weighted by Gasteiger charge is -2.48. The van der Waals surface area contributed by atoms with Crippen LogP contribution in [0.25, 0.3) is 0 Å². The first-order valence-corrected chi connectivity index (χ1v) is 46.5. The van der Waals surface area contributed by atoms with Crippen LogP contribution in [0, 0.1) is 0 Å². The van der Waals surface area contributed by atoms with Gasteiger partial charge >= 0.3 is 0 Å². The number of ether oxygens (including phenoxy) is 6. The van der Waals surface area contributed by atoms with Crippen LogP contribution in [0.1, 0.15) is 367 Å². The van der Waals surface area contributed by atoms with Gasteiger partial charge in [-0.2, -0.15) is 0 Å². The molecular weight excluding hydrogens is 1440 g/mol. The Balaban J connectivity index is 1.30. The molecule has 0 radical (unpaired) electrons. The molecule has 114 heavy (non-hydrogen) atoms. The standard InChI is InChI=1S/C95H169NO18/c1-3-5-7-9-11-13-15-17-19-21-23-25-27-29-31-33-34-35-36-37-38-39-40-41-42-43-44-45-47-49-51-53-55-57-59-61-63-65-67-69-71-73-83(101)96-78(79(100)72-70-68-66-64-62-60-58-56-54-52-50-48-46-32-30-28-26-24-22-20-18-16-14-12-10-8-6-4-2)77-109-93-89(107)86(104)91(81(75-98)111-93)114-95-90(108)87(105)92(82(76-99)112-95)113-94-88(106)85(103)84(102)80(74-97)110-94/h5,7,11,13,17,19,23,25,29,31,34-35,37-38,40-41,78-82,84-95,97-100,102-108H,3-4,6,8-10,12,14-16,18,20-22,24,26-28,30,32-33,36,39,42-77H2,1-2H3,(H,96,101)/b7-5-,13-11-,19-17-,25-23-,31-29-,35-34-,38-37-,41-40-. The summed E-state index contributed by atoms with van der Waals surface area (Å²) in [5.41, 5.74) is 0. The van der Waals surface area contributed by atoms with Crippen molar-refractivity contribution in [2.75, 3.05) is 26.4 Å². The van der Waals surface area contributed by atoms with Crippen LogP contribution in [0.15, 0.2) is 97.2 Å². The SMILES string of the molecule is CC/C=C\C/C=C\C/C=C\C/C=C\C/C=C\C/C=C\C/C=C\C/C=C\CCCCCCCCCCCCCCCCCCC(=O)NC(COC1OC(CO)C(OC2OC(CO)C(OC3OC(CO)C(O)C(O)C3O)C(O)C2O)C(O)C1O)C(O)CCCCCCCCCCCCCCCCCCCCCCCCCCCCCC. The Morgan fingerprint density at radius 2 is 0.605 bits per heavy atom. The molecule has 0 spiro atoms. The molecule has 0 saturated carbocycles.